The number of anilines is 1. The molecule has 0 radical (unpaired) electrons. The second-order valence-electron chi connectivity index (χ2n) is 5.66. The summed E-state index contributed by atoms with van der Waals surface area (Å²) in [6.07, 6.45) is 6.66. The number of nitrogens with zero attached hydrogens (tertiary/aromatic N) is 5. The fourth-order valence-electron chi connectivity index (χ4n) is 2.76. The highest BCUT2D eigenvalue weighted by atomic mass is 32.2. The second kappa shape index (κ2) is 7.77. The fourth-order valence-corrected chi connectivity index (χ4v) is 4.67. The Morgan fingerprint density at radius 2 is 2.17 bits per heavy atom. The number of fused-ring (bicyclic) bond motifs is 1. The van der Waals surface area contributed by atoms with E-state index < -0.39 is 0 Å². The number of aryl methyl sites for hydroxylation is 2. The number of aromatic nitrogens is 4. The third-order valence-electron chi connectivity index (χ3n) is 3.95. The lowest BCUT2D eigenvalue weighted by atomic mass is 9.97. The Hall–Kier alpha value is -1.92. The Kier molecular flexibility index (Phi) is 5.48. The lowest BCUT2D eigenvalue weighted by molar-refractivity contribution is -0.113. The molecular formula is C15H18N6OS2. The minimum atomic E-state index is -0.145. The summed E-state index contributed by atoms with van der Waals surface area (Å²) in [6, 6.07) is 2.29. The van der Waals surface area contributed by atoms with Gasteiger partial charge in [-0.15, -0.1) is 16.4 Å². The summed E-state index contributed by atoms with van der Waals surface area (Å²) >= 11 is 2.83. The molecule has 1 aliphatic carbocycles. The van der Waals surface area contributed by atoms with Crippen molar-refractivity contribution in [3.05, 3.63) is 16.0 Å². The molecule has 2 heterocycles. The van der Waals surface area contributed by atoms with Crippen molar-refractivity contribution >= 4 is 34.0 Å². The van der Waals surface area contributed by atoms with Crippen LogP contribution >= 0.6 is 23.1 Å². The number of carbonyl (C=O) groups is 1. The van der Waals surface area contributed by atoms with Crippen molar-refractivity contribution in [3.63, 3.8) is 0 Å². The topological polar surface area (TPSA) is 96.5 Å². The molecule has 0 saturated heterocycles. The smallest absolute Gasteiger partial charge is 0.235 e. The molecular weight excluding hydrogens is 344 g/mol. The summed E-state index contributed by atoms with van der Waals surface area (Å²) in [6.45, 7) is 0. The van der Waals surface area contributed by atoms with Crippen LogP contribution in [0.3, 0.4) is 0 Å². The zero-order chi connectivity index (χ0) is 16.9. The molecule has 1 aliphatic rings. The first kappa shape index (κ1) is 16.9. The number of thiophene rings is 1. The highest BCUT2D eigenvalue weighted by Gasteiger charge is 2.20. The van der Waals surface area contributed by atoms with Gasteiger partial charge in [-0.1, -0.05) is 24.6 Å². The van der Waals surface area contributed by atoms with Crippen LogP contribution in [0, 0.1) is 11.3 Å². The van der Waals surface area contributed by atoms with E-state index in [9.17, 15) is 10.1 Å². The molecule has 7 nitrogen and oxygen atoms in total. The van der Waals surface area contributed by atoms with Gasteiger partial charge in [0.15, 0.2) is 0 Å². The molecule has 0 spiro atoms. The zero-order valence-corrected chi connectivity index (χ0v) is 15.0. The van der Waals surface area contributed by atoms with Gasteiger partial charge >= 0.3 is 0 Å². The molecule has 2 aromatic heterocycles. The molecule has 0 fully saturated rings. The van der Waals surface area contributed by atoms with Gasteiger partial charge in [0.1, 0.15) is 11.1 Å². The Balaban J connectivity index is 1.70. The fraction of sp³-hybridized carbons (Fsp3) is 0.533. The predicted molar refractivity (Wildman–Crippen MR) is 93.1 cm³/mol. The van der Waals surface area contributed by atoms with Crippen LogP contribution in [0.5, 0.6) is 0 Å². The molecule has 9 heteroatoms. The van der Waals surface area contributed by atoms with E-state index in [1.165, 1.54) is 34.2 Å². The van der Waals surface area contributed by atoms with Crippen LogP contribution in [0.1, 0.15) is 41.7 Å². The maximum atomic E-state index is 12.2. The van der Waals surface area contributed by atoms with Gasteiger partial charge in [-0.2, -0.15) is 5.26 Å². The Bertz CT molecular complexity index is 776. The molecule has 0 aromatic carbocycles. The second-order valence-corrected chi connectivity index (χ2v) is 7.70. The van der Waals surface area contributed by atoms with Gasteiger partial charge < -0.3 is 5.32 Å². The number of rotatable bonds is 4. The summed E-state index contributed by atoms with van der Waals surface area (Å²) in [7, 11) is 1.73. The lowest BCUT2D eigenvalue weighted by Gasteiger charge is -2.08. The number of amides is 1. The number of hydrogen-bond acceptors (Lipinski definition) is 7. The first-order valence-corrected chi connectivity index (χ1v) is 9.69. The standard InChI is InChI=1S/C15H18N6OS2/c1-21-15(18-19-20-21)23-9-13(22)17-14-11(8-16)10-6-4-2-3-5-7-12(10)24-14/h2-7,9H2,1H3,(H,17,22). The summed E-state index contributed by atoms with van der Waals surface area (Å²) in [5.74, 6) is 0.0653. The van der Waals surface area contributed by atoms with E-state index in [0.717, 1.165) is 31.2 Å². The van der Waals surface area contributed by atoms with Crippen molar-refractivity contribution in [2.45, 2.75) is 43.7 Å². The van der Waals surface area contributed by atoms with Gasteiger partial charge in [0, 0.05) is 11.9 Å². The van der Waals surface area contributed by atoms with Gasteiger partial charge in [-0.25, -0.2) is 4.68 Å². The summed E-state index contributed by atoms with van der Waals surface area (Å²) < 4.78 is 1.52. The van der Waals surface area contributed by atoms with Crippen LogP contribution in [0.4, 0.5) is 5.00 Å². The molecule has 126 valence electrons. The highest BCUT2D eigenvalue weighted by molar-refractivity contribution is 7.99. The zero-order valence-electron chi connectivity index (χ0n) is 13.4. The van der Waals surface area contributed by atoms with Crippen molar-refractivity contribution in [2.24, 2.45) is 7.05 Å². The van der Waals surface area contributed by atoms with E-state index in [4.69, 9.17) is 0 Å². The van der Waals surface area contributed by atoms with E-state index in [-0.39, 0.29) is 11.7 Å². The average Bonchev–Trinajstić information content (AvgIpc) is 3.08. The lowest BCUT2D eigenvalue weighted by Crippen LogP contribution is -2.14. The molecule has 1 N–H and O–H groups in total. The highest BCUT2D eigenvalue weighted by Crippen LogP contribution is 2.36. The number of hydrogen-bond donors (Lipinski definition) is 1. The maximum Gasteiger partial charge on any atom is 0.235 e. The first-order chi connectivity index (χ1) is 11.7. The number of carbonyl (C=O) groups excluding carboxylic acids is 1. The van der Waals surface area contributed by atoms with Crippen LogP contribution in [-0.2, 0) is 24.7 Å². The quantitative estimate of drug-likeness (QED) is 0.840. The third kappa shape index (κ3) is 3.76. The largest absolute Gasteiger partial charge is 0.316 e. The van der Waals surface area contributed by atoms with Gasteiger partial charge in [0.05, 0.1) is 11.3 Å². The summed E-state index contributed by atoms with van der Waals surface area (Å²) in [5.41, 5.74) is 1.79. The molecule has 2 aromatic rings. The average molecular weight is 362 g/mol. The van der Waals surface area contributed by atoms with Crippen LogP contribution in [0.25, 0.3) is 0 Å². The minimum absolute atomic E-state index is 0.145. The molecule has 0 aliphatic heterocycles. The number of thioether (sulfide) groups is 1. The predicted octanol–water partition coefficient (Wildman–Crippen LogP) is 2.53. The van der Waals surface area contributed by atoms with Crippen LogP contribution in [0.15, 0.2) is 5.16 Å². The number of nitriles is 1. The van der Waals surface area contributed by atoms with Crippen LogP contribution < -0.4 is 5.32 Å². The number of tetrazole rings is 1. The van der Waals surface area contributed by atoms with Crippen molar-refractivity contribution in [1.29, 1.82) is 5.26 Å². The molecule has 24 heavy (non-hydrogen) atoms. The van der Waals surface area contributed by atoms with Gasteiger partial charge in [-0.05, 0) is 41.7 Å². The third-order valence-corrected chi connectivity index (χ3v) is 6.17. The first-order valence-electron chi connectivity index (χ1n) is 7.88. The molecule has 0 unspecified atom stereocenters. The molecule has 3 rings (SSSR count). The Morgan fingerprint density at radius 3 is 2.88 bits per heavy atom. The van der Waals surface area contributed by atoms with Crippen molar-refractivity contribution in [1.82, 2.24) is 20.2 Å². The van der Waals surface area contributed by atoms with Crippen molar-refractivity contribution in [3.8, 4) is 6.07 Å². The van der Waals surface area contributed by atoms with Crippen LogP contribution in [0.2, 0.25) is 0 Å². The maximum absolute atomic E-state index is 12.2. The van der Waals surface area contributed by atoms with E-state index in [1.54, 1.807) is 18.4 Å². The minimum Gasteiger partial charge on any atom is -0.316 e. The van der Waals surface area contributed by atoms with Gasteiger partial charge in [0.2, 0.25) is 11.1 Å². The van der Waals surface area contributed by atoms with Gasteiger partial charge in [-0.3, -0.25) is 4.79 Å². The van der Waals surface area contributed by atoms with E-state index in [2.05, 4.69) is 26.9 Å². The molecule has 0 saturated carbocycles. The van der Waals surface area contributed by atoms with E-state index >= 15 is 0 Å². The van der Waals surface area contributed by atoms with E-state index in [1.807, 2.05) is 0 Å². The number of nitrogens with one attached hydrogen (secondary N) is 1. The van der Waals surface area contributed by atoms with Crippen LogP contribution in [-0.4, -0.2) is 31.9 Å². The van der Waals surface area contributed by atoms with Crippen molar-refractivity contribution in [2.75, 3.05) is 11.1 Å². The molecule has 0 atom stereocenters. The summed E-state index contributed by atoms with van der Waals surface area (Å²) in [4.78, 5) is 13.5. The Labute approximate surface area is 148 Å². The monoisotopic (exact) mass is 362 g/mol. The normalized spacial score (nSPS) is 14.3. The summed E-state index contributed by atoms with van der Waals surface area (Å²) in [5, 5.41) is 24.8. The van der Waals surface area contributed by atoms with E-state index in [0.29, 0.717) is 15.7 Å². The Morgan fingerprint density at radius 1 is 1.38 bits per heavy atom. The molecule has 0 bridgehead atoms. The van der Waals surface area contributed by atoms with Crippen molar-refractivity contribution < 1.29 is 4.79 Å². The molecule has 1 amide bonds. The SMILES string of the molecule is Cn1nnnc1SCC(=O)Nc1sc2c(c1C#N)CCCCCC2. The van der Waals surface area contributed by atoms with Gasteiger partial charge in [0.25, 0.3) is 0 Å².